The van der Waals surface area contributed by atoms with Crippen LogP contribution in [-0.4, -0.2) is 38.1 Å². The summed E-state index contributed by atoms with van der Waals surface area (Å²) in [5.74, 6) is -0.308. The topological polar surface area (TPSA) is 90.9 Å². The van der Waals surface area contributed by atoms with Gasteiger partial charge in [0.1, 0.15) is 17.5 Å². The number of benzene rings is 3. The van der Waals surface area contributed by atoms with Gasteiger partial charge < -0.3 is 19.5 Å². The van der Waals surface area contributed by atoms with Crippen LogP contribution in [0.3, 0.4) is 0 Å². The van der Waals surface area contributed by atoms with E-state index in [-0.39, 0.29) is 24.5 Å². The molecule has 1 unspecified atom stereocenters. The molecule has 0 spiro atoms. The molecule has 3 rings (SSSR count). The van der Waals surface area contributed by atoms with Crippen LogP contribution in [0.5, 0.6) is 11.5 Å². The van der Waals surface area contributed by atoms with Crippen molar-refractivity contribution in [3.8, 4) is 11.5 Å². The smallest absolute Gasteiger partial charge is 0.337 e. The van der Waals surface area contributed by atoms with Crippen LogP contribution in [0, 0.1) is 6.92 Å². The van der Waals surface area contributed by atoms with E-state index in [9.17, 15) is 14.4 Å². The Morgan fingerprint density at radius 2 is 1.40 bits per heavy atom. The molecule has 0 radical (unpaired) electrons. The van der Waals surface area contributed by atoms with Gasteiger partial charge in [0.2, 0.25) is 5.91 Å². The molecule has 3 aromatic rings. The van der Waals surface area contributed by atoms with E-state index >= 15 is 0 Å². The van der Waals surface area contributed by atoms with Crippen LogP contribution in [0.2, 0.25) is 0 Å². The number of aryl methyl sites for hydroxylation is 2. The second-order valence-corrected chi connectivity index (χ2v) is 8.09. The summed E-state index contributed by atoms with van der Waals surface area (Å²) < 4.78 is 15.3. The predicted molar refractivity (Wildman–Crippen MR) is 132 cm³/mol. The second-order valence-electron chi connectivity index (χ2n) is 8.09. The fourth-order valence-electron chi connectivity index (χ4n) is 3.43. The van der Waals surface area contributed by atoms with E-state index in [4.69, 9.17) is 9.47 Å². The Morgan fingerprint density at radius 3 is 2.00 bits per heavy atom. The number of rotatable bonds is 10. The van der Waals surface area contributed by atoms with Crippen LogP contribution in [0.25, 0.3) is 0 Å². The molecular formula is C28H29NO6. The molecule has 0 fully saturated rings. The summed E-state index contributed by atoms with van der Waals surface area (Å²) in [7, 11) is 2.90. The predicted octanol–water partition coefficient (Wildman–Crippen LogP) is 4.06. The molecule has 182 valence electrons. The van der Waals surface area contributed by atoms with Gasteiger partial charge in [-0.25, -0.2) is 9.59 Å². The molecule has 0 aliphatic carbocycles. The van der Waals surface area contributed by atoms with Gasteiger partial charge in [-0.3, -0.25) is 4.79 Å². The number of esters is 2. The number of methoxy groups -OCH3 is 2. The van der Waals surface area contributed by atoms with Gasteiger partial charge in [0.25, 0.3) is 0 Å². The number of amides is 1. The van der Waals surface area contributed by atoms with Gasteiger partial charge in [0.15, 0.2) is 0 Å². The van der Waals surface area contributed by atoms with Crippen LogP contribution < -0.4 is 14.8 Å². The Morgan fingerprint density at radius 1 is 0.800 bits per heavy atom. The molecule has 1 amide bonds. The fraction of sp³-hybridized carbons (Fsp3) is 0.250. The third-order valence-electron chi connectivity index (χ3n) is 5.47. The van der Waals surface area contributed by atoms with E-state index in [1.807, 2.05) is 55.5 Å². The number of ether oxygens (including phenoxy) is 3. The molecule has 7 nitrogen and oxygen atoms in total. The van der Waals surface area contributed by atoms with Gasteiger partial charge in [0.05, 0.1) is 19.8 Å². The van der Waals surface area contributed by atoms with Gasteiger partial charge in [0, 0.05) is 12.8 Å². The standard InChI is InChI=1S/C28H29NO6/c1-19-4-6-21(7-5-19)18-25(28(32)35-24-15-11-22(12-16-24)27(31)34-3)29-26(30)17-10-20-8-13-23(33-2)14-9-20/h4-9,11-16,25H,10,17-18H2,1-3H3,(H,29,30). The highest BCUT2D eigenvalue weighted by atomic mass is 16.5. The zero-order valence-corrected chi connectivity index (χ0v) is 20.1. The maximum Gasteiger partial charge on any atom is 0.337 e. The van der Waals surface area contributed by atoms with Crippen molar-refractivity contribution in [1.82, 2.24) is 5.32 Å². The lowest BCUT2D eigenvalue weighted by atomic mass is 10.0. The van der Waals surface area contributed by atoms with Crippen LogP contribution in [0.15, 0.2) is 72.8 Å². The van der Waals surface area contributed by atoms with Crippen molar-refractivity contribution < 1.29 is 28.6 Å². The number of carbonyl (C=O) groups is 3. The lowest BCUT2D eigenvalue weighted by molar-refractivity contribution is -0.139. The van der Waals surface area contributed by atoms with Gasteiger partial charge in [-0.2, -0.15) is 0 Å². The summed E-state index contributed by atoms with van der Waals surface area (Å²) in [5, 5.41) is 2.82. The molecule has 0 aliphatic heterocycles. The Hall–Kier alpha value is -4.13. The number of carbonyl (C=O) groups excluding carboxylic acids is 3. The zero-order valence-electron chi connectivity index (χ0n) is 20.1. The van der Waals surface area contributed by atoms with E-state index in [1.165, 1.54) is 31.4 Å². The monoisotopic (exact) mass is 475 g/mol. The first-order valence-electron chi connectivity index (χ1n) is 11.3. The van der Waals surface area contributed by atoms with Gasteiger partial charge in [-0.1, -0.05) is 42.0 Å². The molecule has 0 heterocycles. The highest BCUT2D eigenvalue weighted by Gasteiger charge is 2.23. The highest BCUT2D eigenvalue weighted by Crippen LogP contribution is 2.16. The Kier molecular flexibility index (Phi) is 9.01. The van der Waals surface area contributed by atoms with Gasteiger partial charge >= 0.3 is 11.9 Å². The van der Waals surface area contributed by atoms with E-state index in [2.05, 4.69) is 10.1 Å². The van der Waals surface area contributed by atoms with Crippen molar-refractivity contribution >= 4 is 17.8 Å². The minimum Gasteiger partial charge on any atom is -0.497 e. The van der Waals surface area contributed by atoms with Crippen LogP contribution >= 0.6 is 0 Å². The minimum atomic E-state index is -0.874. The van der Waals surface area contributed by atoms with Crippen LogP contribution in [0.1, 0.15) is 33.5 Å². The third-order valence-corrected chi connectivity index (χ3v) is 5.47. The zero-order chi connectivity index (χ0) is 25.2. The number of hydrogen-bond acceptors (Lipinski definition) is 6. The second kappa shape index (κ2) is 12.4. The normalized spacial score (nSPS) is 11.3. The maximum absolute atomic E-state index is 13.0. The number of hydrogen-bond donors (Lipinski definition) is 1. The molecule has 0 saturated heterocycles. The quantitative estimate of drug-likeness (QED) is 0.351. The molecule has 35 heavy (non-hydrogen) atoms. The van der Waals surface area contributed by atoms with Crippen molar-refractivity contribution in [1.29, 1.82) is 0 Å². The largest absolute Gasteiger partial charge is 0.497 e. The summed E-state index contributed by atoms with van der Waals surface area (Å²) in [6, 6.07) is 20.4. The maximum atomic E-state index is 13.0. The van der Waals surface area contributed by atoms with Crippen molar-refractivity contribution in [3.63, 3.8) is 0 Å². The van der Waals surface area contributed by atoms with E-state index in [0.717, 1.165) is 22.4 Å². The summed E-state index contributed by atoms with van der Waals surface area (Å²) >= 11 is 0. The van der Waals surface area contributed by atoms with Gasteiger partial charge in [-0.05, 0) is 60.9 Å². The third kappa shape index (κ3) is 7.71. The summed E-state index contributed by atoms with van der Waals surface area (Å²) in [5.41, 5.74) is 3.33. The first-order valence-corrected chi connectivity index (χ1v) is 11.3. The Balaban J connectivity index is 1.67. The lowest BCUT2D eigenvalue weighted by Crippen LogP contribution is -2.44. The Bertz CT molecular complexity index is 1140. The molecular weight excluding hydrogens is 446 g/mol. The summed E-state index contributed by atoms with van der Waals surface area (Å²) in [6.07, 6.45) is 1.03. The lowest BCUT2D eigenvalue weighted by Gasteiger charge is -2.18. The average molecular weight is 476 g/mol. The molecule has 3 aromatic carbocycles. The average Bonchev–Trinajstić information content (AvgIpc) is 2.88. The fourth-order valence-corrected chi connectivity index (χ4v) is 3.43. The molecule has 0 bridgehead atoms. The van der Waals surface area contributed by atoms with Crippen LogP contribution in [0.4, 0.5) is 0 Å². The molecule has 7 heteroatoms. The van der Waals surface area contributed by atoms with Crippen molar-refractivity contribution in [2.75, 3.05) is 14.2 Å². The first kappa shape index (κ1) is 25.5. The number of nitrogens with one attached hydrogen (secondary N) is 1. The summed E-state index contributed by atoms with van der Waals surface area (Å²) in [6.45, 7) is 1.98. The van der Waals surface area contributed by atoms with E-state index in [1.54, 1.807) is 7.11 Å². The Labute approximate surface area is 205 Å². The van der Waals surface area contributed by atoms with Crippen molar-refractivity contribution in [2.24, 2.45) is 0 Å². The molecule has 1 atom stereocenters. The van der Waals surface area contributed by atoms with Gasteiger partial charge in [-0.15, -0.1) is 0 Å². The molecule has 0 aromatic heterocycles. The van der Waals surface area contributed by atoms with Crippen molar-refractivity contribution in [3.05, 3.63) is 95.1 Å². The van der Waals surface area contributed by atoms with E-state index in [0.29, 0.717) is 12.0 Å². The van der Waals surface area contributed by atoms with Crippen LogP contribution in [-0.2, 0) is 27.2 Å². The SMILES string of the molecule is COC(=O)c1ccc(OC(=O)C(Cc2ccc(C)cc2)NC(=O)CCc2ccc(OC)cc2)cc1. The molecule has 0 saturated carbocycles. The summed E-state index contributed by atoms with van der Waals surface area (Å²) in [4.78, 5) is 37.3. The highest BCUT2D eigenvalue weighted by molar-refractivity contribution is 5.89. The molecule has 1 N–H and O–H groups in total. The first-order chi connectivity index (χ1) is 16.9. The van der Waals surface area contributed by atoms with E-state index < -0.39 is 18.0 Å². The minimum absolute atomic E-state index is 0.220. The van der Waals surface area contributed by atoms with Crippen molar-refractivity contribution in [2.45, 2.75) is 32.2 Å². The molecule has 0 aliphatic rings.